The maximum Gasteiger partial charge on any atom is 0.267 e. The van der Waals surface area contributed by atoms with Crippen molar-refractivity contribution in [3.05, 3.63) is 43.7 Å². The van der Waals surface area contributed by atoms with E-state index in [1.54, 1.807) is 6.07 Å². The van der Waals surface area contributed by atoms with Crippen LogP contribution in [0.1, 0.15) is 11.1 Å². The van der Waals surface area contributed by atoms with Crippen LogP contribution in [0, 0.1) is 22.7 Å². The average molecular weight is 264 g/mol. The predicted molar refractivity (Wildman–Crippen MR) is 64.0 cm³/mol. The zero-order valence-corrected chi connectivity index (χ0v) is 9.73. The quantitative estimate of drug-likeness (QED) is 0.793. The lowest BCUT2D eigenvalue weighted by atomic mass is 10.1. The molecule has 1 aromatic heterocycles. The van der Waals surface area contributed by atoms with Gasteiger partial charge in [-0.25, -0.2) is 0 Å². The van der Waals surface area contributed by atoms with E-state index in [9.17, 15) is 4.79 Å². The number of pyridine rings is 1. The topological polar surface area (TPSA) is 80.4 Å². The van der Waals surface area contributed by atoms with E-state index in [1.807, 2.05) is 6.07 Å². The molecule has 0 unspecified atom stereocenters. The molecule has 1 heterocycles. The minimum Gasteiger partial charge on any atom is -0.321 e. The first-order valence-corrected chi connectivity index (χ1v) is 5.20. The molecule has 82 valence electrons. The maximum absolute atomic E-state index is 11.5. The second-order valence-electron chi connectivity index (χ2n) is 3.21. The van der Waals surface area contributed by atoms with E-state index in [2.05, 4.69) is 4.98 Å². The fourth-order valence-corrected chi connectivity index (χ4v) is 1.96. The van der Waals surface area contributed by atoms with Gasteiger partial charge in [-0.05, 0) is 12.1 Å². The van der Waals surface area contributed by atoms with Gasteiger partial charge in [0.05, 0.1) is 21.1 Å². The third-order valence-electron chi connectivity index (χ3n) is 2.29. The van der Waals surface area contributed by atoms with Crippen LogP contribution in [0.5, 0.6) is 0 Å². The Morgan fingerprint density at radius 1 is 1.12 bits per heavy atom. The van der Waals surface area contributed by atoms with Gasteiger partial charge in [-0.3, -0.25) is 4.79 Å². The van der Waals surface area contributed by atoms with Crippen LogP contribution in [-0.4, -0.2) is 4.98 Å². The van der Waals surface area contributed by atoms with Crippen molar-refractivity contribution >= 4 is 34.1 Å². The van der Waals surface area contributed by atoms with Crippen LogP contribution in [0.3, 0.4) is 0 Å². The Hall–Kier alpha value is -2.01. The van der Waals surface area contributed by atoms with E-state index in [0.29, 0.717) is 5.52 Å². The highest BCUT2D eigenvalue weighted by atomic mass is 35.5. The molecule has 0 aliphatic carbocycles. The SMILES string of the molecule is N#Cc1c(C#N)c2c(Cl)c(Cl)ccc2[nH]c1=O. The van der Waals surface area contributed by atoms with E-state index in [0.717, 1.165) is 0 Å². The molecule has 0 bridgehead atoms. The summed E-state index contributed by atoms with van der Waals surface area (Å²) < 4.78 is 0. The highest BCUT2D eigenvalue weighted by Gasteiger charge is 2.15. The maximum atomic E-state index is 11.5. The molecular formula is C11H3Cl2N3O. The molecule has 0 aliphatic heterocycles. The summed E-state index contributed by atoms with van der Waals surface area (Å²) in [7, 11) is 0. The molecule has 0 amide bonds. The number of nitrogens with zero attached hydrogens (tertiary/aromatic N) is 2. The van der Waals surface area contributed by atoms with Crippen molar-refractivity contribution in [2.24, 2.45) is 0 Å². The fraction of sp³-hybridized carbons (Fsp3) is 0. The Morgan fingerprint density at radius 3 is 2.35 bits per heavy atom. The molecule has 0 fully saturated rings. The minimum atomic E-state index is -0.616. The first kappa shape index (κ1) is 11.5. The average Bonchev–Trinajstić information content (AvgIpc) is 2.32. The highest BCUT2D eigenvalue weighted by molar-refractivity contribution is 6.45. The van der Waals surface area contributed by atoms with Crippen molar-refractivity contribution in [2.75, 3.05) is 0 Å². The van der Waals surface area contributed by atoms with Gasteiger partial charge < -0.3 is 4.98 Å². The number of hydrogen-bond acceptors (Lipinski definition) is 3. The number of nitriles is 2. The van der Waals surface area contributed by atoms with Gasteiger partial charge in [0.15, 0.2) is 0 Å². The zero-order valence-electron chi connectivity index (χ0n) is 8.21. The number of benzene rings is 1. The number of H-pyrrole nitrogens is 1. The monoisotopic (exact) mass is 263 g/mol. The van der Waals surface area contributed by atoms with Gasteiger partial charge in [0.1, 0.15) is 17.7 Å². The first-order valence-electron chi connectivity index (χ1n) is 4.44. The van der Waals surface area contributed by atoms with Crippen molar-refractivity contribution in [3.63, 3.8) is 0 Å². The van der Waals surface area contributed by atoms with Crippen molar-refractivity contribution in [1.82, 2.24) is 4.98 Å². The van der Waals surface area contributed by atoms with E-state index in [4.69, 9.17) is 33.7 Å². The van der Waals surface area contributed by atoms with Crippen LogP contribution in [0.25, 0.3) is 10.9 Å². The smallest absolute Gasteiger partial charge is 0.267 e. The largest absolute Gasteiger partial charge is 0.321 e. The summed E-state index contributed by atoms with van der Waals surface area (Å²) in [6.07, 6.45) is 0. The molecule has 0 spiro atoms. The lowest BCUT2D eigenvalue weighted by molar-refractivity contribution is 1.26. The van der Waals surface area contributed by atoms with Crippen LogP contribution < -0.4 is 5.56 Å². The number of halogens is 2. The molecule has 2 rings (SSSR count). The number of rotatable bonds is 0. The molecule has 0 radical (unpaired) electrons. The Labute approximate surface area is 106 Å². The highest BCUT2D eigenvalue weighted by Crippen LogP contribution is 2.32. The number of aromatic nitrogens is 1. The molecule has 0 aliphatic rings. The number of nitrogens with one attached hydrogen (secondary N) is 1. The number of hydrogen-bond donors (Lipinski definition) is 1. The number of aromatic amines is 1. The van der Waals surface area contributed by atoms with Gasteiger partial charge in [-0.2, -0.15) is 10.5 Å². The van der Waals surface area contributed by atoms with Gasteiger partial charge >= 0.3 is 0 Å². The third-order valence-corrected chi connectivity index (χ3v) is 3.10. The van der Waals surface area contributed by atoms with E-state index < -0.39 is 5.56 Å². The summed E-state index contributed by atoms with van der Waals surface area (Å²) in [6, 6.07) is 6.54. The molecule has 1 aromatic carbocycles. The van der Waals surface area contributed by atoms with Gasteiger partial charge in [0.2, 0.25) is 0 Å². The molecule has 4 nitrogen and oxygen atoms in total. The summed E-state index contributed by atoms with van der Waals surface area (Å²) in [5, 5.41) is 18.6. The third kappa shape index (κ3) is 1.64. The molecule has 0 saturated carbocycles. The van der Waals surface area contributed by atoms with Crippen molar-refractivity contribution < 1.29 is 0 Å². The molecule has 2 aromatic rings. The van der Waals surface area contributed by atoms with Crippen LogP contribution in [-0.2, 0) is 0 Å². The molecule has 6 heteroatoms. The van der Waals surface area contributed by atoms with Crippen LogP contribution >= 0.6 is 23.2 Å². The van der Waals surface area contributed by atoms with Gasteiger partial charge in [-0.15, -0.1) is 0 Å². The molecule has 17 heavy (non-hydrogen) atoms. The van der Waals surface area contributed by atoms with Gasteiger partial charge in [0.25, 0.3) is 5.56 Å². The lowest BCUT2D eigenvalue weighted by Crippen LogP contribution is -2.12. The Bertz CT molecular complexity index is 765. The summed E-state index contributed by atoms with van der Waals surface area (Å²) in [5.41, 5.74) is -0.558. The summed E-state index contributed by atoms with van der Waals surface area (Å²) in [6.45, 7) is 0. The van der Waals surface area contributed by atoms with E-state index >= 15 is 0 Å². The normalized spacial score (nSPS) is 9.88. The first-order chi connectivity index (χ1) is 8.10. The second-order valence-corrected chi connectivity index (χ2v) is 4.00. The fourth-order valence-electron chi connectivity index (χ4n) is 1.54. The minimum absolute atomic E-state index is 0.0567. The van der Waals surface area contributed by atoms with Gasteiger partial charge in [0, 0.05) is 5.39 Å². The van der Waals surface area contributed by atoms with E-state index in [1.165, 1.54) is 12.1 Å². The molecule has 0 atom stereocenters. The van der Waals surface area contributed by atoms with Crippen molar-refractivity contribution in [2.45, 2.75) is 0 Å². The van der Waals surface area contributed by atoms with Crippen LogP contribution in [0.4, 0.5) is 0 Å². The number of fused-ring (bicyclic) bond motifs is 1. The summed E-state index contributed by atoms with van der Waals surface area (Å²) >= 11 is 11.8. The summed E-state index contributed by atoms with van der Waals surface area (Å²) in [5.74, 6) is 0. The van der Waals surface area contributed by atoms with Crippen LogP contribution in [0.15, 0.2) is 16.9 Å². The lowest BCUT2D eigenvalue weighted by Gasteiger charge is -2.05. The Balaban J connectivity index is 3.16. The van der Waals surface area contributed by atoms with E-state index in [-0.39, 0.29) is 26.6 Å². The van der Waals surface area contributed by atoms with Gasteiger partial charge in [-0.1, -0.05) is 23.2 Å². The Morgan fingerprint density at radius 2 is 1.76 bits per heavy atom. The van der Waals surface area contributed by atoms with Crippen LogP contribution in [0.2, 0.25) is 10.0 Å². The molecule has 1 N–H and O–H groups in total. The standard InChI is InChI=1S/C11H3Cl2N3O/c12-7-1-2-8-9(10(7)13)5(3-14)6(4-15)11(17)16-8/h1-2H,(H,16,17). The molecular weight excluding hydrogens is 261 g/mol. The zero-order chi connectivity index (χ0) is 12.6. The predicted octanol–water partition coefficient (Wildman–Crippen LogP) is 2.58. The van der Waals surface area contributed by atoms with Crippen molar-refractivity contribution in [1.29, 1.82) is 10.5 Å². The second kappa shape index (κ2) is 4.10. The molecule has 0 saturated heterocycles. The van der Waals surface area contributed by atoms with Crippen molar-refractivity contribution in [3.8, 4) is 12.1 Å². The summed E-state index contributed by atoms with van der Waals surface area (Å²) in [4.78, 5) is 14.0. The Kier molecular flexibility index (Phi) is 2.77.